The van der Waals surface area contributed by atoms with Gasteiger partial charge in [0.1, 0.15) is 24.1 Å². The van der Waals surface area contributed by atoms with Crippen molar-refractivity contribution in [2.45, 2.75) is 154 Å². The van der Waals surface area contributed by atoms with Gasteiger partial charge < -0.3 is 48.8 Å². The molecule has 14 nitrogen and oxygen atoms in total. The molecule has 2 aliphatic carbocycles. The lowest BCUT2D eigenvalue weighted by atomic mass is 9.55. The molecule has 4 aliphatic rings. The Hall–Kier alpha value is -4.79. The summed E-state index contributed by atoms with van der Waals surface area (Å²) in [6, 6.07) is 10.3. The van der Waals surface area contributed by atoms with Crippen LogP contribution in [0.15, 0.2) is 65.9 Å². The number of hydrogen-bond acceptors (Lipinski definition) is 12. The van der Waals surface area contributed by atoms with Gasteiger partial charge in [-0.05, 0) is 99.3 Å². The van der Waals surface area contributed by atoms with Gasteiger partial charge >= 0.3 is 12.2 Å². The number of amides is 2. The second kappa shape index (κ2) is 26.7. The summed E-state index contributed by atoms with van der Waals surface area (Å²) in [5.74, 6) is -0.158. The monoisotopic (exact) mass is 932 g/mol. The molecule has 1 fully saturated rings. The highest BCUT2D eigenvalue weighted by Gasteiger charge is 2.65. The summed E-state index contributed by atoms with van der Waals surface area (Å²) in [6.07, 6.45) is 19.2. The predicted octanol–water partition coefficient (Wildman–Crippen LogP) is 10.7. The van der Waals surface area contributed by atoms with Crippen LogP contribution in [-0.4, -0.2) is 91.2 Å². The van der Waals surface area contributed by atoms with Gasteiger partial charge in [-0.3, -0.25) is 4.90 Å². The first-order valence-electron chi connectivity index (χ1n) is 25.3. The predicted molar refractivity (Wildman–Crippen MR) is 258 cm³/mol. The Balaban J connectivity index is 1.45. The van der Waals surface area contributed by atoms with E-state index < -0.39 is 29.9 Å². The van der Waals surface area contributed by atoms with Crippen molar-refractivity contribution in [1.29, 1.82) is 0 Å². The molecule has 0 bridgehead atoms. The van der Waals surface area contributed by atoms with Gasteiger partial charge in [0.15, 0.2) is 11.5 Å². The van der Waals surface area contributed by atoms with E-state index in [1.165, 1.54) is 44.9 Å². The highest BCUT2D eigenvalue weighted by Crippen LogP contribution is 2.62. The molecule has 0 aromatic heterocycles. The number of carbonyl (C=O) groups excluding carboxylic acids is 2. The van der Waals surface area contributed by atoms with Crippen LogP contribution in [0.2, 0.25) is 0 Å². The van der Waals surface area contributed by atoms with Crippen LogP contribution < -0.4 is 24.3 Å². The van der Waals surface area contributed by atoms with Crippen LogP contribution in [0.5, 0.6) is 23.0 Å². The van der Waals surface area contributed by atoms with Crippen LogP contribution in [0.25, 0.3) is 0 Å². The van der Waals surface area contributed by atoms with E-state index in [9.17, 15) is 15.0 Å². The Morgan fingerprint density at radius 3 is 2.31 bits per heavy atom. The van der Waals surface area contributed by atoms with Gasteiger partial charge in [0.05, 0.1) is 24.8 Å². The van der Waals surface area contributed by atoms with E-state index in [1.54, 1.807) is 17.0 Å². The first-order chi connectivity index (χ1) is 32.8. The Morgan fingerprint density at radius 1 is 0.881 bits per heavy atom. The molecule has 3 N–H and O–H groups in total. The van der Waals surface area contributed by atoms with Crippen molar-refractivity contribution in [1.82, 2.24) is 10.2 Å². The third kappa shape index (κ3) is 13.3. The number of nitrogens with one attached hydrogen (secondary N) is 1. The number of nitrogens with zero attached hydrogens (tertiary/aromatic N) is 2. The number of rotatable bonds is 29. The van der Waals surface area contributed by atoms with Crippen molar-refractivity contribution in [3.63, 3.8) is 0 Å². The van der Waals surface area contributed by atoms with E-state index in [0.717, 1.165) is 61.6 Å². The molecule has 2 aromatic carbocycles. The highest BCUT2D eigenvalue weighted by molar-refractivity contribution is 6.03. The molecule has 370 valence electrons. The Bertz CT molecular complexity index is 1960. The third-order valence-electron chi connectivity index (χ3n) is 13.6. The molecule has 2 heterocycles. The summed E-state index contributed by atoms with van der Waals surface area (Å²) >= 11 is 0. The Morgan fingerprint density at radius 2 is 1.60 bits per heavy atom. The molecular weight excluding hydrogens is 855 g/mol. The van der Waals surface area contributed by atoms with Crippen molar-refractivity contribution in [3.05, 3.63) is 71.8 Å². The lowest BCUT2D eigenvalue weighted by Gasteiger charge is -2.59. The van der Waals surface area contributed by atoms with Crippen molar-refractivity contribution in [2.24, 2.45) is 22.9 Å². The van der Waals surface area contributed by atoms with Crippen LogP contribution in [0.3, 0.4) is 0 Å². The zero-order valence-electron chi connectivity index (χ0n) is 40.4. The summed E-state index contributed by atoms with van der Waals surface area (Å²) in [5.41, 5.74) is 3.24. The average Bonchev–Trinajstić information content (AvgIpc) is 3.80. The number of carbonyl (C=O) groups is 2. The van der Waals surface area contributed by atoms with Crippen LogP contribution in [-0.2, 0) is 20.9 Å². The molecule has 2 amide bonds. The first kappa shape index (κ1) is 51.6. The maximum absolute atomic E-state index is 15.0. The van der Waals surface area contributed by atoms with Crippen molar-refractivity contribution >= 4 is 17.9 Å². The molecule has 6 atom stereocenters. The molecule has 2 aromatic rings. The second-order valence-corrected chi connectivity index (χ2v) is 18.2. The molecule has 1 saturated carbocycles. The van der Waals surface area contributed by atoms with Gasteiger partial charge in [0, 0.05) is 44.2 Å². The van der Waals surface area contributed by atoms with Crippen molar-refractivity contribution < 1.29 is 53.1 Å². The zero-order chi connectivity index (χ0) is 47.4. The lowest BCUT2D eigenvalue weighted by molar-refractivity contribution is -0.256. The number of benzene rings is 2. The van der Waals surface area contributed by atoms with Crippen LogP contribution >= 0.6 is 0 Å². The van der Waals surface area contributed by atoms with E-state index in [1.807, 2.05) is 44.2 Å². The minimum absolute atomic E-state index is 0.00855. The quantitative estimate of drug-likeness (QED) is 0.0404. The normalized spacial score (nSPS) is 22.8. The van der Waals surface area contributed by atoms with Gasteiger partial charge in [-0.1, -0.05) is 101 Å². The summed E-state index contributed by atoms with van der Waals surface area (Å²) < 4.78 is 38.0. The molecule has 0 radical (unpaired) electrons. The number of oxime groups is 1. The maximum Gasteiger partial charge on any atom is 0.412 e. The van der Waals surface area contributed by atoms with Crippen molar-refractivity contribution in [2.75, 3.05) is 46.4 Å². The fraction of sp³-hybridized carbons (Fsp3) is 0.642. The summed E-state index contributed by atoms with van der Waals surface area (Å²) in [5, 5.41) is 27.5. The molecule has 2 aliphatic heterocycles. The van der Waals surface area contributed by atoms with E-state index >= 15 is 4.79 Å². The first-order valence-corrected chi connectivity index (χ1v) is 25.3. The smallest absolute Gasteiger partial charge is 0.412 e. The molecule has 67 heavy (non-hydrogen) atoms. The summed E-state index contributed by atoms with van der Waals surface area (Å²) in [7, 11) is 0. The van der Waals surface area contributed by atoms with Crippen LogP contribution in [0.4, 0.5) is 9.59 Å². The van der Waals surface area contributed by atoms with Crippen LogP contribution in [0.1, 0.15) is 147 Å². The summed E-state index contributed by atoms with van der Waals surface area (Å²) in [4.78, 5) is 35.5. The largest absolute Gasteiger partial charge is 0.459 e. The molecule has 0 spiro atoms. The third-order valence-corrected chi connectivity index (χ3v) is 13.6. The minimum Gasteiger partial charge on any atom is -0.459 e. The standard InChI is InChI=1S/C53H77N3O11/c1-5-9-10-11-12-13-14-15-16-21-31-61-52(60)56(36-38-24-26-46-47(32-38)63-37-62-46)48-35-44(55-65-8-4)42-33-39(22-17-19-28-57)41(23-18-20-29-58)49-43-34-40(66-51(59)54-7-3)25-27-45(43)67-53(48,50(42)49)64-30-6-2/h6,24-27,32-34,39,41,48-50,57-58H,2,5,7-23,28-31,35-37H2,1,3-4H3,(H,54,59). The SMILES string of the molecule is C=CCOC12Oc3ccc(OC(=O)NCC)cc3C3C(CCCCO)C(CCCCO)C=C(C(=NOCC)CC1N(Cc1ccc4c(c1)OCO4)C(=O)OCCCCCCCCCCCC)C32. The van der Waals surface area contributed by atoms with E-state index in [0.29, 0.717) is 54.7 Å². The number of fused-ring (bicyclic) bond motifs is 3. The van der Waals surface area contributed by atoms with Crippen LogP contribution in [0, 0.1) is 17.8 Å². The average molecular weight is 932 g/mol. The molecular formula is C53H77N3O11. The number of hydrogen-bond donors (Lipinski definition) is 3. The molecule has 6 rings (SSSR count). The Kier molecular flexibility index (Phi) is 20.5. The second-order valence-electron chi connectivity index (χ2n) is 18.2. The fourth-order valence-corrected chi connectivity index (χ4v) is 10.5. The van der Waals surface area contributed by atoms with Gasteiger partial charge in [-0.15, -0.1) is 6.58 Å². The molecule has 6 unspecified atom stereocenters. The number of unbranched alkanes of at least 4 members (excludes halogenated alkanes) is 11. The maximum atomic E-state index is 15.0. The number of aliphatic hydroxyl groups excluding tert-OH is 2. The lowest BCUT2D eigenvalue weighted by Crippen LogP contribution is -2.70. The van der Waals surface area contributed by atoms with E-state index in [4.69, 9.17) is 38.4 Å². The van der Waals surface area contributed by atoms with Gasteiger partial charge in [0.25, 0.3) is 0 Å². The number of ether oxygens (including phenoxy) is 6. The Labute approximate surface area is 398 Å². The summed E-state index contributed by atoms with van der Waals surface area (Å²) in [6.45, 7) is 11.5. The highest BCUT2D eigenvalue weighted by atomic mass is 16.7. The number of allylic oxidation sites excluding steroid dienone is 1. The van der Waals surface area contributed by atoms with E-state index in [2.05, 4.69) is 24.9 Å². The van der Waals surface area contributed by atoms with Gasteiger partial charge in [-0.2, -0.15) is 0 Å². The fourth-order valence-electron chi connectivity index (χ4n) is 10.5. The van der Waals surface area contributed by atoms with Crippen molar-refractivity contribution in [3.8, 4) is 23.0 Å². The van der Waals surface area contributed by atoms with Gasteiger partial charge in [0.2, 0.25) is 12.6 Å². The van der Waals surface area contributed by atoms with E-state index in [-0.39, 0.29) is 63.9 Å². The molecule has 0 saturated heterocycles. The molecule has 14 heteroatoms. The number of aliphatic hydroxyl groups is 2. The van der Waals surface area contributed by atoms with Gasteiger partial charge in [-0.25, -0.2) is 9.59 Å². The zero-order valence-corrected chi connectivity index (χ0v) is 40.4. The topological polar surface area (TPSA) is 167 Å². The minimum atomic E-state index is -1.50.